The van der Waals surface area contributed by atoms with Gasteiger partial charge in [-0.2, -0.15) is 8.62 Å². The second-order valence-electron chi connectivity index (χ2n) is 18.6. The monoisotopic (exact) mass is 1160 g/mol. The van der Waals surface area contributed by atoms with Gasteiger partial charge in [-0.15, -0.1) is 0 Å². The summed E-state index contributed by atoms with van der Waals surface area (Å²) in [5.74, 6) is -1.45. The van der Waals surface area contributed by atoms with E-state index in [4.69, 9.17) is 28.5 Å². The Hall–Kier alpha value is -6.54. The SMILES string of the molecule is O=C(CCCCCNC(=O)CCCCCNC(=O)c1ccc2c(c1)C(=O)OC21c2ccc(O)cc2Oc2cc(O)ccc21)NCCCCCC(=O)N[C@H]1C[C@H](n2ccc(=O)[nH]c2=O)O[C@@H]1COP(=O)(O)OP(=O)(O)OP(=O)(O)O. The lowest BCUT2D eigenvalue weighted by Crippen LogP contribution is -2.42. The highest BCUT2D eigenvalue weighted by Crippen LogP contribution is 2.66. The van der Waals surface area contributed by atoms with Crippen LogP contribution >= 0.6 is 23.5 Å². The van der Waals surface area contributed by atoms with Gasteiger partial charge in [-0.1, -0.05) is 25.3 Å². The number of fused-ring (bicyclic) bond motifs is 6. The number of aromatic amines is 1. The molecule has 0 bridgehead atoms. The zero-order chi connectivity index (χ0) is 57.1. The van der Waals surface area contributed by atoms with E-state index in [0.29, 0.717) is 101 Å². The number of benzene rings is 3. The summed E-state index contributed by atoms with van der Waals surface area (Å²) >= 11 is 0. The third kappa shape index (κ3) is 16.3. The van der Waals surface area contributed by atoms with Gasteiger partial charge in [-0.3, -0.25) is 38.0 Å². The molecule has 11 N–H and O–H groups in total. The first-order chi connectivity index (χ1) is 37.4. The number of aromatic hydroxyl groups is 2. The number of hydrogen-bond acceptors (Lipinski definition) is 18. The zero-order valence-electron chi connectivity index (χ0n) is 42.1. The number of phosphoric acid groups is 3. The molecule has 5 atom stereocenters. The molecule has 31 heteroatoms. The number of aromatic nitrogens is 2. The van der Waals surface area contributed by atoms with Gasteiger partial charge in [-0.25, -0.2) is 23.3 Å². The zero-order valence-corrected chi connectivity index (χ0v) is 44.8. The van der Waals surface area contributed by atoms with E-state index < -0.39 is 83.1 Å². The third-order valence-electron chi connectivity index (χ3n) is 12.8. The first-order valence-corrected chi connectivity index (χ1v) is 29.5. The lowest BCUT2D eigenvalue weighted by molar-refractivity contribution is -0.123. The number of hydrogen-bond donors (Lipinski definition) is 11. The van der Waals surface area contributed by atoms with Crippen LogP contribution < -0.4 is 37.3 Å². The Balaban J connectivity index is 0.721. The average molecular weight is 1160 g/mol. The van der Waals surface area contributed by atoms with Crippen molar-refractivity contribution in [3.05, 3.63) is 116 Å². The van der Waals surface area contributed by atoms with Crippen LogP contribution in [0, 0.1) is 0 Å². The van der Waals surface area contributed by atoms with E-state index in [1.165, 1.54) is 30.3 Å². The van der Waals surface area contributed by atoms with Crippen LogP contribution in [0.4, 0.5) is 0 Å². The van der Waals surface area contributed by atoms with Gasteiger partial charge in [0.25, 0.3) is 11.5 Å². The topological polar surface area (TPSA) is 416 Å². The maximum Gasteiger partial charge on any atom is 0.490 e. The van der Waals surface area contributed by atoms with Crippen molar-refractivity contribution >= 4 is 53.1 Å². The Morgan fingerprint density at radius 3 is 1.80 bits per heavy atom. The van der Waals surface area contributed by atoms with Gasteiger partial charge >= 0.3 is 35.1 Å². The minimum Gasteiger partial charge on any atom is -0.508 e. The number of phosphoric ester groups is 1. The lowest BCUT2D eigenvalue weighted by Gasteiger charge is -2.36. The fourth-order valence-corrected chi connectivity index (χ4v) is 12.2. The van der Waals surface area contributed by atoms with Crippen molar-refractivity contribution in [1.82, 2.24) is 30.8 Å². The molecule has 1 aromatic heterocycles. The van der Waals surface area contributed by atoms with Crippen LogP contribution in [0.2, 0.25) is 0 Å². The maximum atomic E-state index is 13.4. The van der Waals surface area contributed by atoms with Crippen molar-refractivity contribution in [1.29, 1.82) is 0 Å². The Morgan fingerprint density at radius 1 is 0.671 bits per heavy atom. The molecular formula is C48H59N6O22P3. The number of phenols is 2. The molecule has 4 amide bonds. The van der Waals surface area contributed by atoms with Crippen LogP contribution in [0.25, 0.3) is 0 Å². The molecule has 4 heterocycles. The number of esters is 1. The molecule has 0 saturated carbocycles. The van der Waals surface area contributed by atoms with Crippen molar-refractivity contribution in [2.75, 3.05) is 26.2 Å². The summed E-state index contributed by atoms with van der Waals surface area (Å²) in [7, 11) is -17.0. The number of rotatable bonds is 28. The van der Waals surface area contributed by atoms with Crippen LogP contribution in [0.3, 0.4) is 0 Å². The number of phenolic OH excluding ortho intramolecular Hbond substituents is 2. The highest BCUT2D eigenvalue weighted by molar-refractivity contribution is 7.66. The number of nitrogens with zero attached hydrogens (tertiary/aromatic N) is 1. The molecule has 2 unspecified atom stereocenters. The van der Waals surface area contributed by atoms with Gasteiger partial charge in [0.2, 0.25) is 17.7 Å². The Labute approximate surface area is 449 Å². The molecule has 0 aliphatic carbocycles. The molecule has 1 saturated heterocycles. The second-order valence-corrected chi connectivity index (χ2v) is 23.0. The minimum atomic E-state index is -5.81. The lowest BCUT2D eigenvalue weighted by atomic mass is 9.77. The molecule has 428 valence electrons. The van der Waals surface area contributed by atoms with Crippen LogP contribution in [0.5, 0.6) is 23.0 Å². The molecule has 3 aliphatic rings. The Bertz CT molecular complexity index is 3150. The van der Waals surface area contributed by atoms with Gasteiger partial charge < -0.3 is 65.3 Å². The van der Waals surface area contributed by atoms with E-state index in [0.717, 1.165) is 16.8 Å². The van der Waals surface area contributed by atoms with Crippen LogP contribution in [0.15, 0.2) is 76.4 Å². The number of ether oxygens (including phenoxy) is 3. The summed E-state index contributed by atoms with van der Waals surface area (Å²) < 4.78 is 65.9. The average Bonchev–Trinajstić information content (AvgIpc) is 4.17. The number of amides is 4. The van der Waals surface area contributed by atoms with Crippen LogP contribution in [-0.4, -0.2) is 107 Å². The molecule has 7 rings (SSSR count). The molecule has 0 radical (unpaired) electrons. The number of nitrogens with one attached hydrogen (secondary N) is 5. The number of H-pyrrole nitrogens is 1. The second kappa shape index (κ2) is 26.2. The predicted molar refractivity (Wildman–Crippen MR) is 273 cm³/mol. The van der Waals surface area contributed by atoms with Gasteiger partial charge in [0.05, 0.1) is 18.2 Å². The normalized spacial score (nSPS) is 18.4. The summed E-state index contributed by atoms with van der Waals surface area (Å²) in [4.78, 5) is 127. The summed E-state index contributed by atoms with van der Waals surface area (Å²) in [5, 5.41) is 31.5. The maximum absolute atomic E-state index is 13.4. The van der Waals surface area contributed by atoms with Crippen molar-refractivity contribution in [2.24, 2.45) is 0 Å². The predicted octanol–water partition coefficient (Wildman–Crippen LogP) is 3.98. The Morgan fingerprint density at radius 2 is 1.23 bits per heavy atom. The first kappa shape index (κ1) is 60.1. The smallest absolute Gasteiger partial charge is 0.490 e. The van der Waals surface area contributed by atoms with E-state index in [9.17, 15) is 67.3 Å². The molecule has 3 aliphatic heterocycles. The standard InChI is InChI=1S/C48H59N6O22P3/c55-30-14-17-34-37(25-30)72-38-26-31(56)15-18-35(38)48(34)33-16-13-29(24-32(33)46(62)74-48)45(61)51-22-9-2-5-11-41(58)49-20-7-1-4-10-40(57)50-21-8-3-6-12-42(59)52-36-27-44(54-23-19-43(60)53-47(54)63)73-39(36)28-71-78(67,68)76-79(69,70)75-77(64,65)66/h13-19,23-26,36,39,44,55-56H,1-12,20-22,27-28H2,(H,49,58)(H,50,57)(H,51,61)(H,52,59)(H,67,68)(H,69,70)(H,53,60,63)(H2,64,65,66)/t36-,39+,44+/m0/s1. The van der Waals surface area contributed by atoms with Crippen molar-refractivity contribution in [3.63, 3.8) is 0 Å². The summed E-state index contributed by atoms with van der Waals surface area (Å²) in [5.41, 5.74) is -1.18. The number of carbonyl (C=O) groups excluding carboxylic acids is 5. The fraction of sp³-hybridized carbons (Fsp3) is 0.438. The van der Waals surface area contributed by atoms with Gasteiger partial charge in [0.15, 0.2) is 5.60 Å². The molecule has 28 nitrogen and oxygen atoms in total. The van der Waals surface area contributed by atoms with Crippen LogP contribution in [0.1, 0.15) is 127 Å². The van der Waals surface area contributed by atoms with Crippen molar-refractivity contribution in [3.8, 4) is 23.0 Å². The largest absolute Gasteiger partial charge is 0.508 e. The molecule has 79 heavy (non-hydrogen) atoms. The fourth-order valence-electron chi connectivity index (χ4n) is 9.16. The molecular weight excluding hydrogens is 1110 g/mol. The highest BCUT2D eigenvalue weighted by Gasteiger charge is 2.54. The van der Waals surface area contributed by atoms with Gasteiger partial charge in [0, 0.05) is 92.0 Å². The van der Waals surface area contributed by atoms with Gasteiger partial charge in [-0.05, 0) is 74.9 Å². The number of carbonyl (C=O) groups is 5. The summed E-state index contributed by atoms with van der Waals surface area (Å²) in [6.45, 7) is 0.239. The third-order valence-corrected chi connectivity index (χ3v) is 16.6. The quantitative estimate of drug-likeness (QED) is 0.0218. The number of unbranched alkanes of at least 4 members (excludes halogenated alkanes) is 6. The van der Waals surface area contributed by atoms with Gasteiger partial charge in [0.1, 0.15) is 35.3 Å². The summed E-state index contributed by atoms with van der Waals surface area (Å²) in [6.07, 6.45) is 4.51. The molecule has 1 spiro atoms. The van der Waals surface area contributed by atoms with E-state index in [-0.39, 0.29) is 65.2 Å². The highest BCUT2D eigenvalue weighted by atomic mass is 31.3. The first-order valence-electron chi connectivity index (χ1n) is 25.0. The molecule has 3 aromatic carbocycles. The van der Waals surface area contributed by atoms with E-state index >= 15 is 0 Å². The molecule has 4 aromatic rings. The van der Waals surface area contributed by atoms with Crippen molar-refractivity contribution < 1.29 is 94.8 Å². The summed E-state index contributed by atoms with van der Waals surface area (Å²) in [6, 6.07) is 13.7. The molecule has 1 fully saturated rings. The van der Waals surface area contributed by atoms with E-state index in [1.54, 1.807) is 24.3 Å². The Kier molecular flexibility index (Phi) is 19.9. The van der Waals surface area contributed by atoms with E-state index in [2.05, 4.69) is 29.9 Å². The minimum absolute atomic E-state index is 0.00292. The van der Waals surface area contributed by atoms with Crippen LogP contribution in [-0.2, 0) is 56.3 Å². The van der Waals surface area contributed by atoms with Crippen molar-refractivity contribution in [2.45, 2.75) is 107 Å². The van der Waals surface area contributed by atoms with E-state index in [1.807, 2.05) is 4.98 Å².